The van der Waals surface area contributed by atoms with Gasteiger partial charge in [-0.05, 0) is 20.9 Å². The van der Waals surface area contributed by atoms with Gasteiger partial charge in [-0.15, -0.1) is 10.2 Å². The van der Waals surface area contributed by atoms with Crippen LogP contribution in [-0.4, -0.2) is 41.2 Å². The van der Waals surface area contributed by atoms with Crippen LogP contribution in [0.2, 0.25) is 0 Å². The molecule has 0 aliphatic rings. The first-order valence-corrected chi connectivity index (χ1v) is 3.57. The second-order valence-corrected chi connectivity index (χ2v) is 1.89. The first-order chi connectivity index (χ1) is 5.93. The van der Waals surface area contributed by atoms with Crippen LogP contribution in [-0.2, 0) is 5.75 Å². The van der Waals surface area contributed by atoms with Gasteiger partial charge in [0.15, 0.2) is 5.82 Å². The molecule has 12 heavy (non-hydrogen) atoms. The summed E-state index contributed by atoms with van der Waals surface area (Å²) in [6.45, 7) is 0. The first kappa shape index (κ1) is 8.59. The molecule has 0 aliphatic heterocycles. The Labute approximate surface area is 72.6 Å². The predicted molar refractivity (Wildman–Crippen MR) is 41.0 cm³/mol. The van der Waals surface area contributed by atoms with Crippen LogP contribution in [0.3, 0.4) is 0 Å². The average Bonchev–Trinajstić information content (AvgIpc) is 2.81. The second-order valence-electron chi connectivity index (χ2n) is 1.57. The molecule has 2 aromatic heterocycles. The van der Waals surface area contributed by atoms with E-state index < -0.39 is 0 Å². The van der Waals surface area contributed by atoms with E-state index in [0.29, 0.717) is 11.6 Å². The fraction of sp³-hybridized carbons (Fsp3) is 0.333. The van der Waals surface area contributed by atoms with E-state index in [1.54, 1.807) is 0 Å². The zero-order valence-corrected chi connectivity index (χ0v) is 6.81. The van der Waals surface area contributed by atoms with E-state index >= 15 is 0 Å². The van der Waals surface area contributed by atoms with E-state index in [2.05, 4.69) is 53.9 Å². The van der Waals surface area contributed by atoms with Gasteiger partial charge in [0.25, 0.3) is 0 Å². The lowest BCUT2D eigenvalue weighted by Crippen LogP contribution is -1.78. The minimum absolute atomic E-state index is 0.562. The third kappa shape index (κ3) is 3.05. The molecule has 9 heteroatoms. The van der Waals surface area contributed by atoms with E-state index in [1.807, 2.05) is 0 Å². The summed E-state index contributed by atoms with van der Waals surface area (Å²) in [5, 5.41) is 24.8. The smallest absolute Gasteiger partial charge is 0.158 e. The van der Waals surface area contributed by atoms with Crippen molar-refractivity contribution in [2.45, 2.75) is 5.75 Å². The van der Waals surface area contributed by atoms with E-state index in [9.17, 15) is 0 Å². The number of rotatable bonds is 1. The molecule has 8 nitrogen and oxygen atoms in total. The summed E-state index contributed by atoms with van der Waals surface area (Å²) in [6.07, 6.45) is 1.40. The molecule has 0 amide bonds. The number of H-pyrrole nitrogens is 2. The normalized spacial score (nSPS) is 8.75. The summed E-state index contributed by atoms with van der Waals surface area (Å²) in [7, 11) is 0. The average molecular weight is 186 g/mol. The van der Waals surface area contributed by atoms with Crippen molar-refractivity contribution in [3.8, 4) is 0 Å². The molecule has 0 atom stereocenters. The third-order valence-electron chi connectivity index (χ3n) is 0.809. The summed E-state index contributed by atoms with van der Waals surface area (Å²) in [5.41, 5.74) is 0. The van der Waals surface area contributed by atoms with Gasteiger partial charge in [-0.3, -0.25) is 0 Å². The molecule has 2 aromatic rings. The lowest BCUT2D eigenvalue weighted by atomic mass is 10.8. The summed E-state index contributed by atoms with van der Waals surface area (Å²) >= 11 is 3.90. The highest BCUT2D eigenvalue weighted by Gasteiger charge is 1.86. The van der Waals surface area contributed by atoms with Gasteiger partial charge in [0.05, 0.1) is 5.75 Å². The minimum Gasteiger partial charge on any atom is -0.246 e. The van der Waals surface area contributed by atoms with Gasteiger partial charge in [0.1, 0.15) is 6.33 Å². The summed E-state index contributed by atoms with van der Waals surface area (Å²) in [6, 6.07) is 0. The molecule has 0 fully saturated rings. The molecular formula is C3H6N8S. The molecule has 0 spiro atoms. The quantitative estimate of drug-likeness (QED) is 0.484. The van der Waals surface area contributed by atoms with Crippen LogP contribution < -0.4 is 0 Å². The molecule has 64 valence electrons. The molecule has 2 N–H and O–H groups in total. The van der Waals surface area contributed by atoms with Crippen LogP contribution in [0.25, 0.3) is 0 Å². The molecule has 0 saturated heterocycles. The first-order valence-electron chi connectivity index (χ1n) is 2.94. The van der Waals surface area contributed by atoms with Gasteiger partial charge in [0.2, 0.25) is 0 Å². The van der Waals surface area contributed by atoms with Gasteiger partial charge in [0, 0.05) is 0 Å². The Morgan fingerprint density at radius 1 is 1.33 bits per heavy atom. The van der Waals surface area contributed by atoms with Crippen molar-refractivity contribution in [3.05, 3.63) is 12.2 Å². The lowest BCUT2D eigenvalue weighted by Gasteiger charge is -1.74. The Balaban J connectivity index is 0.000000127. The van der Waals surface area contributed by atoms with E-state index in [-0.39, 0.29) is 0 Å². The number of tetrazole rings is 2. The maximum absolute atomic E-state index is 3.90. The van der Waals surface area contributed by atoms with E-state index in [0.717, 1.165) is 0 Å². The standard InChI is InChI=1S/C2H4N4S.CH2N4/c7-1-2-3-5-6-4-2;1-2-4-5-3-1/h7H,1H2,(H,3,4,5,6);1H,(H,2,3,4,5). The largest absolute Gasteiger partial charge is 0.246 e. The third-order valence-corrected chi connectivity index (χ3v) is 1.11. The molecule has 2 heterocycles. The van der Waals surface area contributed by atoms with Crippen molar-refractivity contribution in [1.82, 2.24) is 41.2 Å². The summed E-state index contributed by atoms with van der Waals surface area (Å²) < 4.78 is 0. The van der Waals surface area contributed by atoms with Crippen LogP contribution >= 0.6 is 12.6 Å². The van der Waals surface area contributed by atoms with Crippen molar-refractivity contribution in [1.29, 1.82) is 0 Å². The van der Waals surface area contributed by atoms with Gasteiger partial charge in [-0.1, -0.05) is 0 Å². The number of hydrogen-bond acceptors (Lipinski definition) is 7. The number of nitrogens with one attached hydrogen (secondary N) is 2. The number of nitrogens with zero attached hydrogens (tertiary/aromatic N) is 6. The molecule has 0 aliphatic carbocycles. The number of hydrogen-bond donors (Lipinski definition) is 3. The Morgan fingerprint density at radius 2 is 2.25 bits per heavy atom. The highest BCUT2D eigenvalue weighted by Crippen LogP contribution is 1.86. The molecule has 0 saturated carbocycles. The molecule has 0 radical (unpaired) electrons. The Hall–Kier alpha value is -1.51. The SMILES string of the molecule is SCc1nnn[nH]1.c1nnn[nH]1. The number of aromatic amines is 2. The molecular weight excluding hydrogens is 180 g/mol. The lowest BCUT2D eigenvalue weighted by molar-refractivity contribution is 0.881. The van der Waals surface area contributed by atoms with Crippen LogP contribution in [0.5, 0.6) is 0 Å². The fourth-order valence-corrected chi connectivity index (χ4v) is 0.509. The van der Waals surface area contributed by atoms with Gasteiger partial charge in [-0.25, -0.2) is 10.2 Å². The fourth-order valence-electron chi connectivity index (χ4n) is 0.375. The van der Waals surface area contributed by atoms with Crippen molar-refractivity contribution < 1.29 is 0 Å². The Morgan fingerprint density at radius 3 is 2.50 bits per heavy atom. The minimum atomic E-state index is 0.562. The highest BCUT2D eigenvalue weighted by molar-refractivity contribution is 7.79. The Kier molecular flexibility index (Phi) is 3.71. The maximum Gasteiger partial charge on any atom is 0.158 e. The van der Waals surface area contributed by atoms with Gasteiger partial charge >= 0.3 is 0 Å². The monoisotopic (exact) mass is 186 g/mol. The molecule has 2 rings (SSSR count). The topological polar surface area (TPSA) is 109 Å². The van der Waals surface area contributed by atoms with Crippen molar-refractivity contribution >= 4 is 12.6 Å². The number of aromatic nitrogens is 8. The van der Waals surface area contributed by atoms with Gasteiger partial charge < -0.3 is 0 Å². The van der Waals surface area contributed by atoms with Crippen LogP contribution in [0.4, 0.5) is 0 Å². The van der Waals surface area contributed by atoms with Crippen LogP contribution in [0.15, 0.2) is 6.33 Å². The van der Waals surface area contributed by atoms with Crippen molar-refractivity contribution in [3.63, 3.8) is 0 Å². The predicted octanol–water partition coefficient (Wildman–Crippen LogP) is -1.17. The van der Waals surface area contributed by atoms with Crippen molar-refractivity contribution in [2.75, 3.05) is 0 Å². The second kappa shape index (κ2) is 5.18. The molecule has 0 bridgehead atoms. The van der Waals surface area contributed by atoms with Crippen molar-refractivity contribution in [2.24, 2.45) is 0 Å². The molecule has 0 unspecified atom stereocenters. The van der Waals surface area contributed by atoms with E-state index in [1.165, 1.54) is 6.33 Å². The summed E-state index contributed by atoms with van der Waals surface area (Å²) in [4.78, 5) is 0. The zero-order valence-electron chi connectivity index (χ0n) is 5.91. The van der Waals surface area contributed by atoms with Crippen LogP contribution in [0, 0.1) is 0 Å². The maximum atomic E-state index is 3.90. The Bertz CT molecular complexity index is 245. The number of thiol groups is 1. The summed E-state index contributed by atoms with van der Waals surface area (Å²) in [5.74, 6) is 1.26. The highest BCUT2D eigenvalue weighted by atomic mass is 32.1. The van der Waals surface area contributed by atoms with E-state index in [4.69, 9.17) is 0 Å². The van der Waals surface area contributed by atoms with Gasteiger partial charge in [-0.2, -0.15) is 12.6 Å². The zero-order chi connectivity index (χ0) is 8.65. The van der Waals surface area contributed by atoms with Crippen LogP contribution in [0.1, 0.15) is 5.82 Å². The molecule has 0 aromatic carbocycles.